The first-order chi connectivity index (χ1) is 14.8. The van der Waals surface area contributed by atoms with E-state index in [0.29, 0.717) is 23.6 Å². The smallest absolute Gasteiger partial charge is 0.338 e. The zero-order valence-corrected chi connectivity index (χ0v) is 17.9. The van der Waals surface area contributed by atoms with Crippen molar-refractivity contribution in [3.63, 3.8) is 0 Å². The lowest BCUT2D eigenvalue weighted by Gasteiger charge is -2.13. The maximum atomic E-state index is 12.9. The van der Waals surface area contributed by atoms with E-state index in [1.54, 1.807) is 62.2 Å². The van der Waals surface area contributed by atoms with Gasteiger partial charge in [0, 0.05) is 14.2 Å². The molecule has 162 valence electrons. The van der Waals surface area contributed by atoms with Gasteiger partial charge < -0.3 is 14.8 Å². The van der Waals surface area contributed by atoms with Gasteiger partial charge >= 0.3 is 5.97 Å². The number of nitrogens with zero attached hydrogens (tertiary/aromatic N) is 2. The van der Waals surface area contributed by atoms with Gasteiger partial charge in [-0.1, -0.05) is 30.3 Å². The number of carbonyl (C=O) groups excluding carboxylic acids is 2. The van der Waals surface area contributed by atoms with Gasteiger partial charge in [-0.15, -0.1) is 0 Å². The highest BCUT2D eigenvalue weighted by Gasteiger charge is 2.23. The molecule has 0 fully saturated rings. The average molecular weight is 423 g/mol. The minimum atomic E-state index is -1.09. The molecule has 0 aliphatic heterocycles. The molecule has 1 heterocycles. The van der Waals surface area contributed by atoms with Gasteiger partial charge in [-0.2, -0.15) is 0 Å². The zero-order valence-electron chi connectivity index (χ0n) is 17.9. The summed E-state index contributed by atoms with van der Waals surface area (Å²) >= 11 is 0. The fourth-order valence-corrected chi connectivity index (χ4v) is 3.12. The summed E-state index contributed by atoms with van der Waals surface area (Å²) in [5.41, 5.74) is 2.26. The topological polar surface area (TPSA) is 91.6 Å². The second kappa shape index (κ2) is 9.44. The fourth-order valence-electron chi connectivity index (χ4n) is 3.12. The number of aromatic nitrogens is 2. The van der Waals surface area contributed by atoms with Crippen LogP contribution in [-0.2, 0) is 27.9 Å². The number of benzene rings is 2. The molecule has 0 unspecified atom stereocenters. The van der Waals surface area contributed by atoms with Crippen molar-refractivity contribution < 1.29 is 19.1 Å². The van der Waals surface area contributed by atoms with E-state index in [0.717, 1.165) is 5.56 Å². The first-order valence-corrected chi connectivity index (χ1v) is 9.77. The molecule has 0 spiro atoms. The van der Waals surface area contributed by atoms with Gasteiger partial charge in [-0.3, -0.25) is 14.3 Å². The molecule has 1 N–H and O–H groups in total. The summed E-state index contributed by atoms with van der Waals surface area (Å²) < 4.78 is 13.4. The van der Waals surface area contributed by atoms with E-state index >= 15 is 0 Å². The number of rotatable bonds is 7. The number of carbonyl (C=O) groups is 2. The molecule has 1 amide bonds. The minimum Gasteiger partial charge on any atom is -0.449 e. The first kappa shape index (κ1) is 22.0. The molecule has 0 bridgehead atoms. The van der Waals surface area contributed by atoms with E-state index in [9.17, 15) is 14.4 Å². The molecule has 8 nitrogen and oxygen atoms in total. The van der Waals surface area contributed by atoms with E-state index in [-0.39, 0.29) is 11.2 Å². The zero-order chi connectivity index (χ0) is 22.5. The number of hydrogen-bond donors (Lipinski definition) is 1. The quantitative estimate of drug-likeness (QED) is 0.590. The van der Waals surface area contributed by atoms with Crippen molar-refractivity contribution in [2.24, 2.45) is 7.05 Å². The Hall–Kier alpha value is -3.65. The number of amides is 1. The summed E-state index contributed by atoms with van der Waals surface area (Å²) in [4.78, 5) is 37.9. The van der Waals surface area contributed by atoms with Crippen LogP contribution in [0.1, 0.15) is 28.5 Å². The Balaban J connectivity index is 1.73. The van der Waals surface area contributed by atoms with Gasteiger partial charge in [-0.05, 0) is 43.7 Å². The Morgan fingerprint density at radius 2 is 1.71 bits per heavy atom. The van der Waals surface area contributed by atoms with E-state index < -0.39 is 18.0 Å². The summed E-state index contributed by atoms with van der Waals surface area (Å²) in [6.45, 7) is 3.63. The molecule has 8 heteroatoms. The lowest BCUT2D eigenvalue weighted by atomic mass is 10.1. The predicted octanol–water partition coefficient (Wildman–Crippen LogP) is 2.81. The molecule has 0 saturated heterocycles. The van der Waals surface area contributed by atoms with Crippen LogP contribution in [0.4, 0.5) is 5.69 Å². The molecule has 3 rings (SSSR count). The minimum absolute atomic E-state index is 0.142. The highest BCUT2D eigenvalue weighted by Crippen LogP contribution is 2.15. The first-order valence-electron chi connectivity index (χ1n) is 9.77. The number of para-hydroxylation sites is 1. The highest BCUT2D eigenvalue weighted by molar-refractivity contribution is 5.97. The third kappa shape index (κ3) is 4.75. The fraction of sp³-hybridized carbons (Fsp3) is 0.261. The van der Waals surface area contributed by atoms with Crippen LogP contribution in [0.5, 0.6) is 0 Å². The Bertz CT molecular complexity index is 1130. The Labute approximate surface area is 180 Å². The molecule has 0 saturated carbocycles. The molecule has 1 atom stereocenters. The summed E-state index contributed by atoms with van der Waals surface area (Å²) in [5.74, 6) is -1.21. The maximum absolute atomic E-state index is 12.9. The Kier molecular flexibility index (Phi) is 6.71. The van der Waals surface area contributed by atoms with Crippen LogP contribution in [0.2, 0.25) is 0 Å². The summed E-state index contributed by atoms with van der Waals surface area (Å²) in [6, 6.07) is 15.8. The van der Waals surface area contributed by atoms with Crippen molar-refractivity contribution in [2.75, 3.05) is 12.4 Å². The van der Waals surface area contributed by atoms with Gasteiger partial charge in [0.05, 0.1) is 23.6 Å². The van der Waals surface area contributed by atoms with Crippen LogP contribution in [0.15, 0.2) is 59.4 Å². The van der Waals surface area contributed by atoms with Crippen molar-refractivity contribution in [1.82, 2.24) is 9.36 Å². The summed E-state index contributed by atoms with van der Waals surface area (Å²) in [6.07, 6.45) is -1.09. The van der Waals surface area contributed by atoms with E-state index in [1.165, 1.54) is 11.6 Å². The van der Waals surface area contributed by atoms with E-state index in [2.05, 4.69) is 5.32 Å². The van der Waals surface area contributed by atoms with Crippen molar-refractivity contribution in [1.29, 1.82) is 0 Å². The van der Waals surface area contributed by atoms with Crippen LogP contribution in [0.3, 0.4) is 0 Å². The average Bonchev–Trinajstić information content (AvgIpc) is 2.98. The van der Waals surface area contributed by atoms with E-state index in [1.807, 2.05) is 18.2 Å². The van der Waals surface area contributed by atoms with Crippen LogP contribution < -0.4 is 10.9 Å². The predicted molar refractivity (Wildman–Crippen MR) is 116 cm³/mol. The van der Waals surface area contributed by atoms with Crippen LogP contribution >= 0.6 is 0 Å². The van der Waals surface area contributed by atoms with E-state index in [4.69, 9.17) is 9.47 Å². The lowest BCUT2D eigenvalue weighted by Crippen LogP contribution is -2.32. The second-order valence-electron chi connectivity index (χ2n) is 7.10. The second-order valence-corrected chi connectivity index (χ2v) is 7.10. The highest BCUT2D eigenvalue weighted by atomic mass is 16.5. The van der Waals surface area contributed by atoms with Crippen molar-refractivity contribution in [2.45, 2.75) is 26.6 Å². The van der Waals surface area contributed by atoms with Crippen LogP contribution in [-0.4, -0.2) is 34.5 Å². The normalized spacial score (nSPS) is 11.7. The van der Waals surface area contributed by atoms with Gasteiger partial charge in [0.2, 0.25) is 0 Å². The molecule has 0 radical (unpaired) electrons. The number of nitrogens with one attached hydrogen (secondary N) is 1. The third-order valence-corrected chi connectivity index (χ3v) is 4.96. The summed E-state index contributed by atoms with van der Waals surface area (Å²) in [7, 11) is 3.32. The number of methoxy groups -OCH3 is 1. The molecule has 0 aliphatic carbocycles. The molecule has 0 aliphatic rings. The third-order valence-electron chi connectivity index (χ3n) is 4.96. The Morgan fingerprint density at radius 1 is 1.06 bits per heavy atom. The molecular formula is C23H25N3O5. The van der Waals surface area contributed by atoms with Gasteiger partial charge in [-0.25, -0.2) is 9.48 Å². The lowest BCUT2D eigenvalue weighted by molar-refractivity contribution is -0.123. The van der Waals surface area contributed by atoms with Crippen LogP contribution in [0.25, 0.3) is 5.69 Å². The number of esters is 1. The summed E-state index contributed by atoms with van der Waals surface area (Å²) in [5, 5.41) is 2.61. The number of ether oxygens (including phenoxy) is 2. The molecule has 31 heavy (non-hydrogen) atoms. The van der Waals surface area contributed by atoms with Crippen LogP contribution in [0, 0.1) is 6.92 Å². The number of anilines is 1. The monoisotopic (exact) mass is 423 g/mol. The standard InChI is InChI=1S/C23H25N3O5/c1-15-20(22(28)26(25(15)3)19-8-6-5-7-9-19)24-21(27)16(2)31-23(29)18-12-10-17(11-13-18)14-30-4/h5-13,16H,14H2,1-4H3,(H,24,27)/t16-/m0/s1. The molecule has 3 aromatic rings. The molecule has 1 aromatic heterocycles. The van der Waals surface area contributed by atoms with Crippen molar-refractivity contribution >= 4 is 17.6 Å². The van der Waals surface area contributed by atoms with Crippen molar-refractivity contribution in [3.05, 3.63) is 81.8 Å². The van der Waals surface area contributed by atoms with Gasteiger partial charge in [0.25, 0.3) is 11.5 Å². The molecular weight excluding hydrogens is 398 g/mol. The van der Waals surface area contributed by atoms with Gasteiger partial charge in [0.15, 0.2) is 6.10 Å². The Morgan fingerprint density at radius 3 is 2.32 bits per heavy atom. The maximum Gasteiger partial charge on any atom is 0.338 e. The largest absolute Gasteiger partial charge is 0.449 e. The number of hydrogen-bond acceptors (Lipinski definition) is 5. The SMILES string of the molecule is COCc1ccc(C(=O)O[C@@H](C)C(=O)Nc2c(C)n(C)n(-c3ccccc3)c2=O)cc1. The molecule has 2 aromatic carbocycles. The van der Waals surface area contributed by atoms with Gasteiger partial charge in [0.1, 0.15) is 5.69 Å². The van der Waals surface area contributed by atoms with Crippen molar-refractivity contribution in [3.8, 4) is 5.69 Å².